The first-order valence-corrected chi connectivity index (χ1v) is 6.37. The lowest BCUT2D eigenvalue weighted by molar-refractivity contribution is -0.135. The van der Waals surface area contributed by atoms with Gasteiger partial charge in [-0.15, -0.1) is 0 Å². The Morgan fingerprint density at radius 3 is 2.50 bits per heavy atom. The minimum atomic E-state index is -0.919. The number of anilines is 1. The molecule has 0 aromatic heterocycles. The number of aliphatic carboxylic acids is 1. The summed E-state index contributed by atoms with van der Waals surface area (Å²) in [6.07, 6.45) is 0. The van der Waals surface area contributed by atoms with E-state index in [0.29, 0.717) is 0 Å². The van der Waals surface area contributed by atoms with Crippen LogP contribution in [-0.2, 0) is 4.79 Å². The topological polar surface area (TPSA) is 40.5 Å². The average molecular weight is 273 g/mol. The first-order valence-electron chi connectivity index (χ1n) is 6.37. The Hall–Kier alpha value is -2.36. The maximum absolute atomic E-state index is 13.3. The van der Waals surface area contributed by atoms with Gasteiger partial charge in [-0.25, -0.2) is 4.39 Å². The van der Waals surface area contributed by atoms with Crippen LogP contribution in [-0.4, -0.2) is 17.6 Å². The lowest BCUT2D eigenvalue weighted by Crippen LogP contribution is -2.32. The van der Waals surface area contributed by atoms with Crippen LogP contribution in [0.1, 0.15) is 18.5 Å². The molecular formula is C16H16FNO2. The lowest BCUT2D eigenvalue weighted by atomic mass is 10.1. The molecule has 0 aliphatic carbocycles. The summed E-state index contributed by atoms with van der Waals surface area (Å²) in [5, 5.41) is 9.08. The third-order valence-corrected chi connectivity index (χ3v) is 3.19. The summed E-state index contributed by atoms with van der Waals surface area (Å²) in [6, 6.07) is 15.3. The number of carboxylic acids is 1. The molecule has 0 radical (unpaired) electrons. The van der Waals surface area contributed by atoms with Gasteiger partial charge in [-0.2, -0.15) is 0 Å². The highest BCUT2D eigenvalue weighted by molar-refractivity contribution is 5.74. The smallest absolute Gasteiger partial charge is 0.323 e. The minimum Gasteiger partial charge on any atom is -0.480 e. The SMILES string of the molecule is CC(c1cccc(F)c1)N(CC(=O)O)c1ccccc1. The van der Waals surface area contributed by atoms with Crippen LogP contribution in [0.2, 0.25) is 0 Å². The number of halogens is 1. The Morgan fingerprint density at radius 1 is 1.20 bits per heavy atom. The summed E-state index contributed by atoms with van der Waals surface area (Å²) in [6.45, 7) is 1.73. The molecule has 20 heavy (non-hydrogen) atoms. The van der Waals surface area contributed by atoms with Gasteiger partial charge in [-0.1, -0.05) is 30.3 Å². The second kappa shape index (κ2) is 6.19. The molecule has 0 heterocycles. The Kier molecular flexibility index (Phi) is 4.35. The number of para-hydroxylation sites is 1. The van der Waals surface area contributed by atoms with Crippen molar-refractivity contribution in [1.29, 1.82) is 0 Å². The number of carboxylic acid groups (broad SMARTS) is 1. The van der Waals surface area contributed by atoms with Gasteiger partial charge >= 0.3 is 5.97 Å². The second-order valence-electron chi connectivity index (χ2n) is 4.59. The molecule has 0 saturated heterocycles. The molecule has 0 aliphatic rings. The Balaban J connectivity index is 2.33. The molecule has 0 bridgehead atoms. The molecule has 0 aliphatic heterocycles. The van der Waals surface area contributed by atoms with Crippen LogP contribution in [0.25, 0.3) is 0 Å². The summed E-state index contributed by atoms with van der Waals surface area (Å²) in [7, 11) is 0. The summed E-state index contributed by atoms with van der Waals surface area (Å²) in [4.78, 5) is 12.8. The van der Waals surface area contributed by atoms with Crippen molar-refractivity contribution < 1.29 is 14.3 Å². The van der Waals surface area contributed by atoms with Gasteiger partial charge in [-0.05, 0) is 36.8 Å². The molecule has 4 heteroatoms. The van der Waals surface area contributed by atoms with E-state index in [9.17, 15) is 9.18 Å². The standard InChI is InChI=1S/C16H16FNO2/c1-12(13-6-5-7-14(17)10-13)18(11-16(19)20)15-8-3-2-4-9-15/h2-10,12H,11H2,1H3,(H,19,20). The quantitative estimate of drug-likeness (QED) is 0.906. The normalized spacial score (nSPS) is 11.9. The van der Waals surface area contributed by atoms with E-state index in [-0.39, 0.29) is 18.4 Å². The van der Waals surface area contributed by atoms with Gasteiger partial charge in [0.25, 0.3) is 0 Å². The summed E-state index contributed by atoms with van der Waals surface area (Å²) < 4.78 is 13.3. The van der Waals surface area contributed by atoms with Crippen LogP contribution in [0.5, 0.6) is 0 Å². The number of nitrogens with zero attached hydrogens (tertiary/aromatic N) is 1. The highest BCUT2D eigenvalue weighted by Crippen LogP contribution is 2.26. The monoisotopic (exact) mass is 273 g/mol. The van der Waals surface area contributed by atoms with Crippen LogP contribution in [0.15, 0.2) is 54.6 Å². The van der Waals surface area contributed by atoms with Crippen LogP contribution in [0, 0.1) is 5.82 Å². The number of carbonyl (C=O) groups is 1. The molecule has 0 saturated carbocycles. The molecule has 2 aromatic carbocycles. The van der Waals surface area contributed by atoms with Crippen LogP contribution < -0.4 is 4.90 Å². The highest BCUT2D eigenvalue weighted by atomic mass is 19.1. The first-order chi connectivity index (χ1) is 9.58. The van der Waals surface area contributed by atoms with E-state index in [4.69, 9.17) is 5.11 Å². The van der Waals surface area contributed by atoms with Gasteiger partial charge in [0.2, 0.25) is 0 Å². The van der Waals surface area contributed by atoms with Gasteiger partial charge in [0.15, 0.2) is 0 Å². The van der Waals surface area contributed by atoms with E-state index in [2.05, 4.69) is 0 Å². The fraction of sp³-hybridized carbons (Fsp3) is 0.188. The first kappa shape index (κ1) is 14.1. The number of rotatable bonds is 5. The molecule has 0 amide bonds. The third-order valence-electron chi connectivity index (χ3n) is 3.19. The van der Waals surface area contributed by atoms with Gasteiger partial charge in [0.1, 0.15) is 12.4 Å². The van der Waals surface area contributed by atoms with Crippen molar-refractivity contribution >= 4 is 11.7 Å². The van der Waals surface area contributed by atoms with Crippen LogP contribution in [0.3, 0.4) is 0 Å². The summed E-state index contributed by atoms with van der Waals surface area (Å²) in [5.74, 6) is -1.24. The lowest BCUT2D eigenvalue weighted by Gasteiger charge is -2.30. The van der Waals surface area contributed by atoms with E-state index in [1.54, 1.807) is 17.0 Å². The van der Waals surface area contributed by atoms with Crippen LogP contribution in [0.4, 0.5) is 10.1 Å². The predicted molar refractivity (Wildman–Crippen MR) is 76.2 cm³/mol. The zero-order valence-electron chi connectivity index (χ0n) is 11.2. The Bertz CT molecular complexity index is 586. The molecule has 0 fully saturated rings. The van der Waals surface area contributed by atoms with Gasteiger partial charge in [-0.3, -0.25) is 4.79 Å². The number of benzene rings is 2. The van der Waals surface area contributed by atoms with Crippen molar-refractivity contribution in [2.45, 2.75) is 13.0 Å². The summed E-state index contributed by atoms with van der Waals surface area (Å²) >= 11 is 0. The molecule has 2 aromatic rings. The van der Waals surface area contributed by atoms with Crippen molar-refractivity contribution in [3.8, 4) is 0 Å². The number of hydrogen-bond acceptors (Lipinski definition) is 2. The molecule has 1 atom stereocenters. The molecule has 1 unspecified atom stereocenters. The third kappa shape index (κ3) is 3.35. The highest BCUT2D eigenvalue weighted by Gasteiger charge is 2.19. The Morgan fingerprint density at radius 2 is 1.90 bits per heavy atom. The zero-order valence-corrected chi connectivity index (χ0v) is 11.2. The molecule has 2 rings (SSSR count). The average Bonchev–Trinajstić information content (AvgIpc) is 2.45. The van der Waals surface area contributed by atoms with E-state index in [1.165, 1.54) is 12.1 Å². The van der Waals surface area contributed by atoms with Crippen LogP contribution >= 0.6 is 0 Å². The van der Waals surface area contributed by atoms with Crippen molar-refractivity contribution in [1.82, 2.24) is 0 Å². The van der Waals surface area contributed by atoms with Gasteiger partial charge in [0, 0.05) is 5.69 Å². The molecule has 1 N–H and O–H groups in total. The fourth-order valence-electron chi connectivity index (χ4n) is 2.16. The van der Waals surface area contributed by atoms with E-state index in [1.807, 2.05) is 37.3 Å². The zero-order chi connectivity index (χ0) is 14.5. The van der Waals surface area contributed by atoms with Crippen molar-refractivity contribution in [3.05, 3.63) is 66.0 Å². The largest absolute Gasteiger partial charge is 0.480 e. The van der Waals surface area contributed by atoms with Gasteiger partial charge < -0.3 is 10.0 Å². The summed E-state index contributed by atoms with van der Waals surface area (Å²) in [5.41, 5.74) is 1.54. The van der Waals surface area contributed by atoms with Crippen molar-refractivity contribution in [2.24, 2.45) is 0 Å². The molecule has 104 valence electrons. The molecule has 3 nitrogen and oxygen atoms in total. The van der Waals surface area contributed by atoms with E-state index >= 15 is 0 Å². The second-order valence-corrected chi connectivity index (χ2v) is 4.59. The van der Waals surface area contributed by atoms with Gasteiger partial charge in [0.05, 0.1) is 6.04 Å². The van der Waals surface area contributed by atoms with E-state index in [0.717, 1.165) is 11.3 Å². The fourth-order valence-corrected chi connectivity index (χ4v) is 2.16. The number of hydrogen-bond donors (Lipinski definition) is 1. The van der Waals surface area contributed by atoms with Crippen molar-refractivity contribution in [2.75, 3.05) is 11.4 Å². The maximum atomic E-state index is 13.3. The predicted octanol–water partition coefficient (Wildman–Crippen LogP) is 3.48. The maximum Gasteiger partial charge on any atom is 0.323 e. The Labute approximate surface area is 117 Å². The van der Waals surface area contributed by atoms with Crippen molar-refractivity contribution in [3.63, 3.8) is 0 Å². The molecular weight excluding hydrogens is 257 g/mol. The molecule has 0 spiro atoms. The minimum absolute atomic E-state index is 0.137. The van der Waals surface area contributed by atoms with E-state index < -0.39 is 5.97 Å².